The highest BCUT2D eigenvalue weighted by Gasteiger charge is 2.18. The average molecular weight is 251 g/mol. The van der Waals surface area contributed by atoms with Crippen molar-refractivity contribution in [1.82, 2.24) is 5.32 Å². The maximum atomic E-state index is 9.20. The molecule has 0 radical (unpaired) electrons. The second-order valence-electron chi connectivity index (χ2n) is 5.37. The number of aliphatic hydroxyl groups excluding tert-OH is 1. The van der Waals surface area contributed by atoms with E-state index in [-0.39, 0.29) is 12.0 Å². The first kappa shape index (κ1) is 13.2. The Kier molecular flexibility index (Phi) is 4.09. The van der Waals surface area contributed by atoms with Gasteiger partial charge in [0.15, 0.2) is 11.5 Å². The van der Waals surface area contributed by atoms with Gasteiger partial charge in [0.2, 0.25) is 0 Å². The van der Waals surface area contributed by atoms with E-state index < -0.39 is 0 Å². The van der Waals surface area contributed by atoms with Crippen LogP contribution in [0.15, 0.2) is 18.2 Å². The molecule has 0 saturated carbocycles. The third-order valence-electron chi connectivity index (χ3n) is 2.99. The maximum Gasteiger partial charge on any atom is 0.165 e. The van der Waals surface area contributed by atoms with Gasteiger partial charge in [0.1, 0.15) is 13.2 Å². The first-order valence-corrected chi connectivity index (χ1v) is 6.31. The summed E-state index contributed by atoms with van der Waals surface area (Å²) < 4.78 is 11.2. The fourth-order valence-corrected chi connectivity index (χ4v) is 1.86. The van der Waals surface area contributed by atoms with Crippen molar-refractivity contribution in [2.24, 2.45) is 5.41 Å². The molecule has 0 bridgehead atoms. The fraction of sp³-hybridized carbons (Fsp3) is 0.571. The van der Waals surface area contributed by atoms with Gasteiger partial charge in [0.05, 0.1) is 0 Å². The van der Waals surface area contributed by atoms with Crippen LogP contribution in [0, 0.1) is 5.41 Å². The number of aliphatic hydroxyl groups is 1. The molecule has 1 aliphatic rings. The largest absolute Gasteiger partial charge is 0.486 e. The summed E-state index contributed by atoms with van der Waals surface area (Å²) in [6, 6.07) is 5.93. The van der Waals surface area contributed by atoms with Crippen LogP contribution in [-0.2, 0) is 6.54 Å². The van der Waals surface area contributed by atoms with Crippen molar-refractivity contribution in [3.05, 3.63) is 23.8 Å². The molecule has 1 aliphatic heterocycles. The molecule has 0 unspecified atom stereocenters. The lowest BCUT2D eigenvalue weighted by molar-refractivity contribution is 0.155. The predicted octanol–water partition coefficient (Wildman–Crippen LogP) is 1.57. The van der Waals surface area contributed by atoms with Crippen molar-refractivity contribution >= 4 is 0 Å². The normalized spacial score (nSPS) is 14.6. The summed E-state index contributed by atoms with van der Waals surface area (Å²) in [6.45, 7) is 6.92. The summed E-state index contributed by atoms with van der Waals surface area (Å²) in [5.74, 6) is 1.67. The number of ether oxygens (including phenoxy) is 2. The van der Waals surface area contributed by atoms with Crippen molar-refractivity contribution in [1.29, 1.82) is 0 Å². The van der Waals surface area contributed by atoms with E-state index in [9.17, 15) is 5.11 Å². The molecule has 0 amide bonds. The van der Waals surface area contributed by atoms with Gasteiger partial charge in [-0.05, 0) is 6.07 Å². The maximum absolute atomic E-state index is 9.20. The van der Waals surface area contributed by atoms with Crippen LogP contribution in [0.5, 0.6) is 11.5 Å². The van der Waals surface area contributed by atoms with Crippen LogP contribution in [0.1, 0.15) is 19.4 Å². The van der Waals surface area contributed by atoms with Crippen LogP contribution in [0.25, 0.3) is 0 Å². The second-order valence-corrected chi connectivity index (χ2v) is 5.37. The summed E-state index contributed by atoms with van der Waals surface area (Å²) in [7, 11) is 0. The van der Waals surface area contributed by atoms with Crippen molar-refractivity contribution in [3.63, 3.8) is 0 Å². The SMILES string of the molecule is CC(C)(CO)CNCc1cccc2c1OCCO2. The minimum absolute atomic E-state index is 0.105. The number of fused-ring (bicyclic) bond motifs is 1. The van der Waals surface area contributed by atoms with Gasteiger partial charge >= 0.3 is 0 Å². The molecule has 0 atom stereocenters. The fourth-order valence-electron chi connectivity index (χ4n) is 1.86. The summed E-state index contributed by atoms with van der Waals surface area (Å²) in [5.41, 5.74) is 0.993. The van der Waals surface area contributed by atoms with E-state index in [2.05, 4.69) is 5.32 Å². The number of benzene rings is 1. The molecule has 2 rings (SSSR count). The van der Waals surface area contributed by atoms with E-state index >= 15 is 0 Å². The van der Waals surface area contributed by atoms with Crippen LogP contribution in [0.2, 0.25) is 0 Å². The Morgan fingerprint density at radius 1 is 1.28 bits per heavy atom. The number of hydrogen-bond acceptors (Lipinski definition) is 4. The lowest BCUT2D eigenvalue weighted by Gasteiger charge is -2.24. The molecule has 4 nitrogen and oxygen atoms in total. The van der Waals surface area contributed by atoms with Gasteiger partial charge in [-0.2, -0.15) is 0 Å². The number of para-hydroxylation sites is 1. The molecule has 2 N–H and O–H groups in total. The molecule has 0 aliphatic carbocycles. The molecule has 1 heterocycles. The molecule has 18 heavy (non-hydrogen) atoms. The Hall–Kier alpha value is -1.26. The highest BCUT2D eigenvalue weighted by molar-refractivity contribution is 5.47. The lowest BCUT2D eigenvalue weighted by atomic mass is 9.95. The third-order valence-corrected chi connectivity index (χ3v) is 2.99. The van der Waals surface area contributed by atoms with Crippen LogP contribution < -0.4 is 14.8 Å². The average Bonchev–Trinajstić information content (AvgIpc) is 2.39. The van der Waals surface area contributed by atoms with Gasteiger partial charge in [0.25, 0.3) is 0 Å². The lowest BCUT2D eigenvalue weighted by Crippen LogP contribution is -2.32. The number of nitrogens with one attached hydrogen (secondary N) is 1. The summed E-state index contributed by atoms with van der Waals surface area (Å²) >= 11 is 0. The molecular weight excluding hydrogens is 230 g/mol. The van der Waals surface area contributed by atoms with Crippen LogP contribution in [0.3, 0.4) is 0 Å². The van der Waals surface area contributed by atoms with E-state index in [1.165, 1.54) is 0 Å². The smallest absolute Gasteiger partial charge is 0.165 e. The first-order chi connectivity index (χ1) is 8.62. The molecule has 4 heteroatoms. The monoisotopic (exact) mass is 251 g/mol. The molecule has 0 saturated heterocycles. The molecule has 0 fully saturated rings. The van der Waals surface area contributed by atoms with E-state index in [0.717, 1.165) is 30.2 Å². The summed E-state index contributed by atoms with van der Waals surface area (Å²) in [5, 5.41) is 12.5. The third kappa shape index (κ3) is 3.15. The van der Waals surface area contributed by atoms with Gasteiger partial charge in [0, 0.05) is 30.7 Å². The Labute approximate surface area is 108 Å². The number of rotatable bonds is 5. The van der Waals surface area contributed by atoms with E-state index in [1.54, 1.807) is 0 Å². The van der Waals surface area contributed by atoms with Gasteiger partial charge in [-0.25, -0.2) is 0 Å². The predicted molar refractivity (Wildman–Crippen MR) is 70.0 cm³/mol. The molecule has 0 aromatic heterocycles. The highest BCUT2D eigenvalue weighted by atomic mass is 16.6. The van der Waals surface area contributed by atoms with Gasteiger partial charge in [-0.15, -0.1) is 0 Å². The summed E-state index contributed by atoms with van der Waals surface area (Å²) in [4.78, 5) is 0. The molecular formula is C14H21NO3. The Balaban J connectivity index is 1.97. The van der Waals surface area contributed by atoms with E-state index in [0.29, 0.717) is 13.2 Å². The highest BCUT2D eigenvalue weighted by Crippen LogP contribution is 2.33. The van der Waals surface area contributed by atoms with Crippen molar-refractivity contribution in [2.45, 2.75) is 20.4 Å². The van der Waals surface area contributed by atoms with E-state index in [4.69, 9.17) is 9.47 Å². The van der Waals surface area contributed by atoms with Gasteiger partial charge in [-0.3, -0.25) is 0 Å². The van der Waals surface area contributed by atoms with Gasteiger partial charge < -0.3 is 19.9 Å². The first-order valence-electron chi connectivity index (χ1n) is 6.31. The van der Waals surface area contributed by atoms with E-state index in [1.807, 2.05) is 32.0 Å². The molecule has 100 valence electrons. The van der Waals surface area contributed by atoms with Crippen LogP contribution in [-0.4, -0.2) is 31.5 Å². The zero-order chi connectivity index (χ0) is 13.0. The Bertz CT molecular complexity index is 404. The molecule has 0 spiro atoms. The standard InChI is InChI=1S/C14H21NO3/c1-14(2,10-16)9-15-8-11-4-3-5-12-13(11)18-7-6-17-12/h3-5,15-16H,6-10H2,1-2H3. The topological polar surface area (TPSA) is 50.7 Å². The summed E-state index contributed by atoms with van der Waals surface area (Å²) in [6.07, 6.45) is 0. The van der Waals surface area contributed by atoms with Gasteiger partial charge in [-0.1, -0.05) is 26.0 Å². The van der Waals surface area contributed by atoms with Crippen molar-refractivity contribution in [2.75, 3.05) is 26.4 Å². The minimum atomic E-state index is -0.105. The van der Waals surface area contributed by atoms with Crippen molar-refractivity contribution < 1.29 is 14.6 Å². The second kappa shape index (κ2) is 5.59. The zero-order valence-corrected chi connectivity index (χ0v) is 11.0. The Morgan fingerprint density at radius 2 is 2.06 bits per heavy atom. The Morgan fingerprint density at radius 3 is 2.83 bits per heavy atom. The quantitative estimate of drug-likeness (QED) is 0.834. The minimum Gasteiger partial charge on any atom is -0.486 e. The van der Waals surface area contributed by atoms with Crippen LogP contribution in [0.4, 0.5) is 0 Å². The molecule has 1 aromatic rings. The van der Waals surface area contributed by atoms with Crippen molar-refractivity contribution in [3.8, 4) is 11.5 Å². The molecule has 1 aromatic carbocycles. The number of hydrogen-bond donors (Lipinski definition) is 2. The van der Waals surface area contributed by atoms with Crippen LogP contribution >= 0.6 is 0 Å². The zero-order valence-electron chi connectivity index (χ0n) is 11.0.